The zero-order valence-electron chi connectivity index (χ0n) is 11.1. The average molecular weight is 299 g/mol. The van der Waals surface area contributed by atoms with E-state index in [1.807, 2.05) is 30.3 Å². The number of hydrogen-bond donors (Lipinski definition) is 1. The molecule has 1 aromatic rings. The predicted octanol–water partition coefficient (Wildman–Crippen LogP) is 1.91. The second-order valence-electron chi connectivity index (χ2n) is 5.09. The number of nitrogens with one attached hydrogen (secondary N) is 1. The standard InChI is InChI=1S/C14H18FNO3S/c15-10-5-11-20(18,19)16-13(17)14(8-4-9-14)12-6-2-1-3-7-12/h1-3,6-7H,4-5,8-11H2,(H,16,17). The van der Waals surface area contributed by atoms with Gasteiger partial charge in [-0.25, -0.2) is 8.42 Å². The van der Waals surface area contributed by atoms with Crippen LogP contribution in [-0.2, 0) is 20.2 Å². The molecule has 20 heavy (non-hydrogen) atoms. The van der Waals surface area contributed by atoms with Gasteiger partial charge in [0, 0.05) is 0 Å². The van der Waals surface area contributed by atoms with E-state index in [4.69, 9.17) is 0 Å². The molecule has 0 bridgehead atoms. The van der Waals surface area contributed by atoms with Gasteiger partial charge in [0.05, 0.1) is 17.8 Å². The maximum Gasteiger partial charge on any atom is 0.244 e. The minimum Gasteiger partial charge on any atom is -0.273 e. The van der Waals surface area contributed by atoms with Crippen LogP contribution in [0.25, 0.3) is 0 Å². The number of sulfonamides is 1. The van der Waals surface area contributed by atoms with E-state index >= 15 is 0 Å². The fraction of sp³-hybridized carbons (Fsp3) is 0.500. The third kappa shape index (κ3) is 3.00. The number of carbonyl (C=O) groups is 1. The van der Waals surface area contributed by atoms with Crippen LogP contribution in [0.15, 0.2) is 30.3 Å². The Labute approximate surface area is 118 Å². The third-order valence-corrected chi connectivity index (χ3v) is 5.09. The van der Waals surface area contributed by atoms with Gasteiger partial charge in [0.25, 0.3) is 0 Å². The molecule has 1 aromatic carbocycles. The molecule has 110 valence electrons. The van der Waals surface area contributed by atoms with E-state index in [2.05, 4.69) is 4.72 Å². The van der Waals surface area contributed by atoms with Gasteiger partial charge in [-0.2, -0.15) is 0 Å². The Balaban J connectivity index is 2.15. The zero-order chi connectivity index (χ0) is 14.6. The number of halogens is 1. The summed E-state index contributed by atoms with van der Waals surface area (Å²) in [6.45, 7) is -0.709. The van der Waals surface area contributed by atoms with Crippen molar-refractivity contribution in [2.24, 2.45) is 0 Å². The molecule has 0 spiro atoms. The maximum absolute atomic E-state index is 12.3. The number of rotatable bonds is 6. The Hall–Kier alpha value is -1.43. The molecule has 1 aliphatic carbocycles. The van der Waals surface area contributed by atoms with E-state index < -0.39 is 28.0 Å². The van der Waals surface area contributed by atoms with Crippen molar-refractivity contribution in [2.45, 2.75) is 31.1 Å². The molecule has 1 aliphatic rings. The smallest absolute Gasteiger partial charge is 0.244 e. The van der Waals surface area contributed by atoms with Crippen molar-refractivity contribution < 1.29 is 17.6 Å². The van der Waals surface area contributed by atoms with Crippen molar-refractivity contribution in [3.8, 4) is 0 Å². The van der Waals surface area contributed by atoms with E-state index in [0.29, 0.717) is 12.8 Å². The predicted molar refractivity (Wildman–Crippen MR) is 74.5 cm³/mol. The van der Waals surface area contributed by atoms with Crippen molar-refractivity contribution in [1.82, 2.24) is 4.72 Å². The number of benzene rings is 1. The lowest BCUT2D eigenvalue weighted by Crippen LogP contribution is -2.51. The molecule has 0 unspecified atom stereocenters. The first-order valence-electron chi connectivity index (χ1n) is 6.67. The van der Waals surface area contributed by atoms with Crippen LogP contribution < -0.4 is 4.72 Å². The number of alkyl halides is 1. The van der Waals surface area contributed by atoms with Crippen LogP contribution in [0.4, 0.5) is 4.39 Å². The van der Waals surface area contributed by atoms with Crippen molar-refractivity contribution in [2.75, 3.05) is 12.4 Å². The fourth-order valence-corrected chi connectivity index (χ4v) is 3.54. The van der Waals surface area contributed by atoms with Gasteiger partial charge in [0.1, 0.15) is 0 Å². The van der Waals surface area contributed by atoms with Gasteiger partial charge in [0.2, 0.25) is 15.9 Å². The SMILES string of the molecule is O=C(NS(=O)(=O)CCCF)C1(c2ccccc2)CCC1. The van der Waals surface area contributed by atoms with E-state index in [1.165, 1.54) is 0 Å². The first-order chi connectivity index (χ1) is 9.50. The monoisotopic (exact) mass is 299 g/mol. The molecule has 1 fully saturated rings. The number of carbonyl (C=O) groups excluding carboxylic acids is 1. The topological polar surface area (TPSA) is 63.2 Å². The van der Waals surface area contributed by atoms with Crippen LogP contribution in [0.5, 0.6) is 0 Å². The largest absolute Gasteiger partial charge is 0.273 e. The molecule has 0 radical (unpaired) electrons. The van der Waals surface area contributed by atoms with Crippen molar-refractivity contribution >= 4 is 15.9 Å². The molecule has 0 aromatic heterocycles. The molecule has 1 amide bonds. The normalized spacial score (nSPS) is 17.2. The van der Waals surface area contributed by atoms with E-state index in [0.717, 1.165) is 12.0 Å². The van der Waals surface area contributed by atoms with E-state index in [9.17, 15) is 17.6 Å². The second-order valence-corrected chi connectivity index (χ2v) is 6.94. The Morgan fingerprint density at radius 1 is 1.25 bits per heavy atom. The van der Waals surface area contributed by atoms with Crippen LogP contribution in [-0.4, -0.2) is 26.8 Å². The molecule has 2 rings (SSSR count). The zero-order valence-corrected chi connectivity index (χ0v) is 12.0. The summed E-state index contributed by atoms with van der Waals surface area (Å²) in [6, 6.07) is 9.20. The highest BCUT2D eigenvalue weighted by Crippen LogP contribution is 2.43. The van der Waals surface area contributed by atoms with Crippen LogP contribution in [0.1, 0.15) is 31.2 Å². The minimum absolute atomic E-state index is 0.0963. The molecule has 0 atom stereocenters. The summed E-state index contributed by atoms with van der Waals surface area (Å²) in [5.74, 6) is -0.853. The molecular formula is C14H18FNO3S. The minimum atomic E-state index is -3.75. The Kier molecular flexibility index (Phi) is 4.42. The molecule has 1 saturated carbocycles. The van der Waals surface area contributed by atoms with Gasteiger partial charge < -0.3 is 0 Å². The number of hydrogen-bond acceptors (Lipinski definition) is 3. The third-order valence-electron chi connectivity index (χ3n) is 3.76. The maximum atomic E-state index is 12.3. The quantitative estimate of drug-likeness (QED) is 0.873. The Morgan fingerprint density at radius 2 is 1.90 bits per heavy atom. The molecule has 0 aliphatic heterocycles. The summed E-state index contributed by atoms with van der Waals surface area (Å²) in [6.07, 6.45) is 2.08. The van der Waals surface area contributed by atoms with Gasteiger partial charge in [-0.05, 0) is 24.8 Å². The Bertz CT molecular complexity index is 567. The Morgan fingerprint density at radius 3 is 2.40 bits per heavy atom. The summed E-state index contributed by atoms with van der Waals surface area (Å²) in [7, 11) is -3.75. The molecule has 4 nitrogen and oxygen atoms in total. The first-order valence-corrected chi connectivity index (χ1v) is 8.32. The molecule has 6 heteroatoms. The van der Waals surface area contributed by atoms with Gasteiger partial charge in [-0.15, -0.1) is 0 Å². The van der Waals surface area contributed by atoms with Crippen LogP contribution in [0, 0.1) is 0 Å². The highest BCUT2D eigenvalue weighted by atomic mass is 32.2. The second kappa shape index (κ2) is 5.91. The highest BCUT2D eigenvalue weighted by molar-refractivity contribution is 7.90. The number of amides is 1. The fourth-order valence-electron chi connectivity index (χ4n) is 2.47. The average Bonchev–Trinajstić information content (AvgIpc) is 2.36. The van der Waals surface area contributed by atoms with Crippen LogP contribution in [0.3, 0.4) is 0 Å². The summed E-state index contributed by atoms with van der Waals surface area (Å²) in [5, 5.41) is 0. The summed E-state index contributed by atoms with van der Waals surface area (Å²) >= 11 is 0. The van der Waals surface area contributed by atoms with Gasteiger partial charge in [-0.3, -0.25) is 13.9 Å². The first kappa shape index (κ1) is 15.0. The van der Waals surface area contributed by atoms with Gasteiger partial charge in [-0.1, -0.05) is 36.8 Å². The van der Waals surface area contributed by atoms with E-state index in [1.54, 1.807) is 0 Å². The van der Waals surface area contributed by atoms with Crippen molar-refractivity contribution in [1.29, 1.82) is 0 Å². The molecule has 0 saturated heterocycles. The molecule has 0 heterocycles. The molecule has 1 N–H and O–H groups in total. The summed E-state index contributed by atoms with van der Waals surface area (Å²) in [4.78, 5) is 12.3. The summed E-state index contributed by atoms with van der Waals surface area (Å²) < 4.78 is 37.6. The lowest BCUT2D eigenvalue weighted by molar-refractivity contribution is -0.128. The lowest BCUT2D eigenvalue weighted by atomic mass is 9.64. The van der Waals surface area contributed by atoms with Crippen LogP contribution in [0.2, 0.25) is 0 Å². The van der Waals surface area contributed by atoms with Crippen LogP contribution >= 0.6 is 0 Å². The van der Waals surface area contributed by atoms with Crippen molar-refractivity contribution in [3.05, 3.63) is 35.9 Å². The van der Waals surface area contributed by atoms with Gasteiger partial charge in [0.15, 0.2) is 0 Å². The van der Waals surface area contributed by atoms with Crippen molar-refractivity contribution in [3.63, 3.8) is 0 Å². The highest BCUT2D eigenvalue weighted by Gasteiger charge is 2.46. The van der Waals surface area contributed by atoms with E-state index in [-0.39, 0.29) is 12.2 Å². The summed E-state index contributed by atoms with van der Waals surface area (Å²) in [5.41, 5.74) is 0.0915. The lowest BCUT2D eigenvalue weighted by Gasteiger charge is -2.40. The molecular weight excluding hydrogens is 281 g/mol. The van der Waals surface area contributed by atoms with Gasteiger partial charge >= 0.3 is 0 Å².